The van der Waals surface area contributed by atoms with E-state index in [0.717, 1.165) is 11.6 Å². The van der Waals surface area contributed by atoms with Crippen molar-refractivity contribution >= 4 is 11.7 Å². The first kappa shape index (κ1) is 19.2. The summed E-state index contributed by atoms with van der Waals surface area (Å²) < 4.78 is 7.62. The van der Waals surface area contributed by atoms with Crippen molar-refractivity contribution in [1.82, 2.24) is 20.1 Å². The number of benzene rings is 2. The normalized spacial score (nSPS) is 10.4. The summed E-state index contributed by atoms with van der Waals surface area (Å²) in [6, 6.07) is 24.2. The topological polar surface area (TPSA) is 81.1 Å². The molecule has 2 aromatic carbocycles. The summed E-state index contributed by atoms with van der Waals surface area (Å²) in [5, 5.41) is 14.3. The van der Waals surface area contributed by atoms with E-state index >= 15 is 0 Å². The Hall–Kier alpha value is -4.13. The van der Waals surface area contributed by atoms with Crippen LogP contribution in [0.3, 0.4) is 0 Å². The Balaban J connectivity index is 1.22. The summed E-state index contributed by atoms with van der Waals surface area (Å²) in [5.74, 6) is 2.70. The number of anilines is 1. The quantitative estimate of drug-likeness (QED) is 0.439. The minimum atomic E-state index is -0.142. The standard InChI is InChI=1S/C23H21N5O2/c29-23(18-8-10-20(11-9-18)30-19-6-2-1-3-7-19)25-15-14-24-21-12-13-22(27-26-21)28-16-4-5-17-28/h1-13,16-17H,14-15H2,(H,24,26)(H,25,29). The average Bonchev–Trinajstić information content (AvgIpc) is 3.33. The maximum absolute atomic E-state index is 12.3. The molecule has 7 nitrogen and oxygen atoms in total. The van der Waals surface area contributed by atoms with E-state index in [2.05, 4.69) is 20.8 Å². The van der Waals surface area contributed by atoms with Crippen molar-refractivity contribution in [2.75, 3.05) is 18.4 Å². The summed E-state index contributed by atoms with van der Waals surface area (Å²) in [6.45, 7) is 1.00. The number of ether oxygens (including phenoxy) is 1. The fraction of sp³-hybridized carbons (Fsp3) is 0.0870. The predicted molar refractivity (Wildman–Crippen MR) is 115 cm³/mol. The first-order valence-electron chi connectivity index (χ1n) is 9.60. The third-order valence-corrected chi connectivity index (χ3v) is 4.33. The van der Waals surface area contributed by atoms with E-state index in [4.69, 9.17) is 4.74 Å². The Bertz CT molecular complexity index is 1060. The molecular weight excluding hydrogens is 378 g/mol. The molecule has 1 amide bonds. The van der Waals surface area contributed by atoms with Gasteiger partial charge in [0.25, 0.3) is 5.91 Å². The van der Waals surface area contributed by atoms with Gasteiger partial charge >= 0.3 is 0 Å². The van der Waals surface area contributed by atoms with Crippen LogP contribution in [-0.4, -0.2) is 33.8 Å². The zero-order valence-electron chi connectivity index (χ0n) is 16.2. The van der Waals surface area contributed by atoms with Gasteiger partial charge in [0.15, 0.2) is 5.82 Å². The maximum Gasteiger partial charge on any atom is 0.251 e. The molecule has 4 aromatic rings. The van der Waals surface area contributed by atoms with Crippen LogP contribution in [0.25, 0.3) is 5.82 Å². The molecule has 150 valence electrons. The molecule has 2 heterocycles. The molecule has 0 aliphatic heterocycles. The third kappa shape index (κ3) is 5.02. The second-order valence-corrected chi connectivity index (χ2v) is 6.49. The van der Waals surface area contributed by atoms with Crippen LogP contribution >= 0.6 is 0 Å². The number of carbonyl (C=O) groups is 1. The van der Waals surface area contributed by atoms with Crippen LogP contribution in [0, 0.1) is 0 Å². The van der Waals surface area contributed by atoms with Gasteiger partial charge in [0.1, 0.15) is 17.3 Å². The fourth-order valence-electron chi connectivity index (χ4n) is 2.81. The van der Waals surface area contributed by atoms with Crippen LogP contribution in [-0.2, 0) is 0 Å². The lowest BCUT2D eigenvalue weighted by atomic mass is 10.2. The SMILES string of the molecule is O=C(NCCNc1ccc(-n2cccc2)nn1)c1ccc(Oc2ccccc2)cc1. The maximum atomic E-state index is 12.3. The number of carbonyl (C=O) groups excluding carboxylic acids is 1. The van der Waals surface area contributed by atoms with Crippen LogP contribution in [0.15, 0.2) is 91.3 Å². The number of amides is 1. The van der Waals surface area contributed by atoms with E-state index in [1.165, 1.54) is 0 Å². The number of hydrogen-bond donors (Lipinski definition) is 2. The van der Waals surface area contributed by atoms with Crippen LogP contribution < -0.4 is 15.4 Å². The molecule has 7 heteroatoms. The van der Waals surface area contributed by atoms with Crippen molar-refractivity contribution in [1.29, 1.82) is 0 Å². The Morgan fingerprint density at radius 1 is 0.800 bits per heavy atom. The summed E-state index contributed by atoms with van der Waals surface area (Å²) in [6.07, 6.45) is 3.82. The van der Waals surface area contributed by atoms with E-state index in [9.17, 15) is 4.79 Å². The van der Waals surface area contributed by atoms with Crippen LogP contribution in [0.4, 0.5) is 5.82 Å². The van der Waals surface area contributed by atoms with Gasteiger partial charge in [0.2, 0.25) is 0 Å². The Kier molecular flexibility index (Phi) is 6.00. The molecule has 2 N–H and O–H groups in total. The molecule has 0 saturated heterocycles. The van der Waals surface area contributed by atoms with Gasteiger partial charge in [-0.15, -0.1) is 10.2 Å². The van der Waals surface area contributed by atoms with Crippen LogP contribution in [0.1, 0.15) is 10.4 Å². The van der Waals surface area contributed by atoms with Crippen molar-refractivity contribution in [3.63, 3.8) is 0 Å². The van der Waals surface area contributed by atoms with Crippen LogP contribution in [0.5, 0.6) is 11.5 Å². The summed E-state index contributed by atoms with van der Waals surface area (Å²) in [7, 11) is 0. The van der Waals surface area contributed by atoms with Gasteiger partial charge in [0, 0.05) is 31.0 Å². The Labute approximate surface area is 174 Å². The molecule has 0 saturated carbocycles. The number of hydrogen-bond acceptors (Lipinski definition) is 5. The molecular formula is C23H21N5O2. The van der Waals surface area contributed by atoms with E-state index < -0.39 is 0 Å². The number of rotatable bonds is 8. The number of nitrogens with zero attached hydrogens (tertiary/aromatic N) is 3. The Morgan fingerprint density at radius 3 is 2.23 bits per heavy atom. The fourth-order valence-corrected chi connectivity index (χ4v) is 2.81. The van der Waals surface area contributed by atoms with Crippen molar-refractivity contribution < 1.29 is 9.53 Å². The molecule has 0 spiro atoms. The van der Waals surface area contributed by atoms with E-state index in [0.29, 0.717) is 30.2 Å². The van der Waals surface area contributed by atoms with Gasteiger partial charge in [-0.25, -0.2) is 0 Å². The molecule has 0 radical (unpaired) electrons. The van der Waals surface area contributed by atoms with E-state index in [-0.39, 0.29) is 5.91 Å². The smallest absolute Gasteiger partial charge is 0.251 e. The lowest BCUT2D eigenvalue weighted by Crippen LogP contribution is -2.28. The van der Waals surface area contributed by atoms with Gasteiger partial charge in [-0.3, -0.25) is 4.79 Å². The lowest BCUT2D eigenvalue weighted by Gasteiger charge is -2.09. The first-order chi connectivity index (χ1) is 14.8. The second kappa shape index (κ2) is 9.38. The van der Waals surface area contributed by atoms with Gasteiger partial charge in [-0.05, 0) is 60.7 Å². The minimum Gasteiger partial charge on any atom is -0.457 e. The lowest BCUT2D eigenvalue weighted by molar-refractivity contribution is 0.0955. The van der Waals surface area contributed by atoms with Crippen molar-refractivity contribution in [2.24, 2.45) is 0 Å². The highest BCUT2D eigenvalue weighted by molar-refractivity contribution is 5.94. The highest BCUT2D eigenvalue weighted by atomic mass is 16.5. The minimum absolute atomic E-state index is 0.142. The van der Waals surface area contributed by atoms with Gasteiger partial charge < -0.3 is 19.9 Å². The summed E-state index contributed by atoms with van der Waals surface area (Å²) in [5.41, 5.74) is 0.575. The highest BCUT2D eigenvalue weighted by Gasteiger charge is 2.06. The van der Waals surface area contributed by atoms with Gasteiger partial charge in [0.05, 0.1) is 0 Å². The molecule has 0 fully saturated rings. The van der Waals surface area contributed by atoms with Crippen molar-refractivity contribution in [2.45, 2.75) is 0 Å². The molecule has 0 aliphatic rings. The largest absolute Gasteiger partial charge is 0.457 e. The first-order valence-corrected chi connectivity index (χ1v) is 9.60. The molecule has 4 rings (SSSR count). The monoisotopic (exact) mass is 399 g/mol. The molecule has 30 heavy (non-hydrogen) atoms. The van der Waals surface area contributed by atoms with E-state index in [1.807, 2.05) is 71.6 Å². The molecule has 0 atom stereocenters. The van der Waals surface area contributed by atoms with Crippen molar-refractivity contribution in [3.05, 3.63) is 96.8 Å². The molecule has 0 unspecified atom stereocenters. The molecule has 2 aromatic heterocycles. The summed E-state index contributed by atoms with van der Waals surface area (Å²) >= 11 is 0. The zero-order chi connectivity index (χ0) is 20.6. The average molecular weight is 399 g/mol. The number of aromatic nitrogens is 3. The number of nitrogens with one attached hydrogen (secondary N) is 2. The van der Waals surface area contributed by atoms with Crippen LogP contribution in [0.2, 0.25) is 0 Å². The molecule has 0 bridgehead atoms. The Morgan fingerprint density at radius 2 is 1.53 bits per heavy atom. The third-order valence-electron chi connectivity index (χ3n) is 4.33. The second-order valence-electron chi connectivity index (χ2n) is 6.49. The predicted octanol–water partition coefficient (Wildman–Crippen LogP) is 3.90. The van der Waals surface area contributed by atoms with E-state index in [1.54, 1.807) is 24.3 Å². The zero-order valence-corrected chi connectivity index (χ0v) is 16.2. The van der Waals surface area contributed by atoms with Crippen molar-refractivity contribution in [3.8, 4) is 17.3 Å². The van der Waals surface area contributed by atoms with Gasteiger partial charge in [-0.2, -0.15) is 0 Å². The summed E-state index contributed by atoms with van der Waals surface area (Å²) in [4.78, 5) is 12.3. The number of para-hydroxylation sites is 1. The van der Waals surface area contributed by atoms with Gasteiger partial charge in [-0.1, -0.05) is 18.2 Å². The highest BCUT2D eigenvalue weighted by Crippen LogP contribution is 2.21. The molecule has 0 aliphatic carbocycles.